The van der Waals surface area contributed by atoms with E-state index in [4.69, 9.17) is 20.4 Å². The predicted octanol–water partition coefficient (Wildman–Crippen LogP) is 2.28. The minimum atomic E-state index is -3.38. The third kappa shape index (κ3) is 4.35. The molecular formula is C21H27N5O4S. The van der Waals surface area contributed by atoms with Gasteiger partial charge >= 0.3 is 6.03 Å². The average Bonchev–Trinajstić information content (AvgIpc) is 3.26. The first-order valence-electron chi connectivity index (χ1n) is 10.4. The van der Waals surface area contributed by atoms with Crippen molar-refractivity contribution in [1.29, 1.82) is 0 Å². The Kier molecular flexibility index (Phi) is 5.85. The fourth-order valence-corrected chi connectivity index (χ4v) is 5.87. The van der Waals surface area contributed by atoms with Gasteiger partial charge in [0.25, 0.3) is 0 Å². The molecule has 2 aliphatic rings. The van der Waals surface area contributed by atoms with Crippen LogP contribution in [0, 0.1) is 0 Å². The van der Waals surface area contributed by atoms with Crippen molar-refractivity contribution in [3.8, 4) is 11.4 Å². The molecule has 1 aromatic carbocycles. The highest BCUT2D eigenvalue weighted by Crippen LogP contribution is 2.45. The van der Waals surface area contributed by atoms with E-state index in [0.717, 1.165) is 18.4 Å². The molecule has 3 N–H and O–H groups in total. The fraction of sp³-hybridized carbons (Fsp3) is 0.476. The molecule has 0 atom stereocenters. The molecule has 10 heteroatoms. The lowest BCUT2D eigenvalue weighted by Crippen LogP contribution is -2.38. The molecule has 1 saturated carbocycles. The SMILES string of the molecule is CS(=O)(=O)C1(c2cc(N3CCOCC3)nc(-c3ccc(NC(N)=O)cc3)n2)CCCC1. The number of primary amides is 1. The molecule has 2 aromatic rings. The maximum Gasteiger partial charge on any atom is 0.316 e. The third-order valence-corrected chi connectivity index (χ3v) is 8.08. The van der Waals surface area contributed by atoms with Crippen LogP contribution < -0.4 is 16.0 Å². The quantitative estimate of drug-likeness (QED) is 0.723. The second-order valence-corrected chi connectivity index (χ2v) is 10.4. The summed E-state index contributed by atoms with van der Waals surface area (Å²) in [5, 5.41) is 2.53. The number of hydrogen-bond acceptors (Lipinski definition) is 7. The fourth-order valence-electron chi connectivity index (χ4n) is 4.36. The van der Waals surface area contributed by atoms with E-state index in [1.165, 1.54) is 6.26 Å². The van der Waals surface area contributed by atoms with Crippen molar-refractivity contribution in [2.24, 2.45) is 5.73 Å². The Labute approximate surface area is 181 Å². The zero-order valence-corrected chi connectivity index (χ0v) is 18.3. The van der Waals surface area contributed by atoms with E-state index in [-0.39, 0.29) is 0 Å². The largest absolute Gasteiger partial charge is 0.378 e. The van der Waals surface area contributed by atoms with E-state index in [1.807, 2.05) is 6.07 Å². The number of carbonyl (C=O) groups excluding carboxylic acids is 1. The van der Waals surface area contributed by atoms with Gasteiger partial charge in [0.1, 0.15) is 10.6 Å². The molecule has 2 heterocycles. The van der Waals surface area contributed by atoms with Gasteiger partial charge in [-0.3, -0.25) is 0 Å². The van der Waals surface area contributed by atoms with Crippen LogP contribution in [0.3, 0.4) is 0 Å². The van der Waals surface area contributed by atoms with Gasteiger partial charge in [-0.05, 0) is 37.1 Å². The second-order valence-electron chi connectivity index (χ2n) is 8.07. The average molecular weight is 446 g/mol. The maximum atomic E-state index is 12.9. The van der Waals surface area contributed by atoms with Gasteiger partial charge < -0.3 is 20.7 Å². The molecule has 0 bridgehead atoms. The zero-order chi connectivity index (χ0) is 22.1. The third-order valence-electron chi connectivity index (χ3n) is 6.05. The number of amides is 2. The maximum absolute atomic E-state index is 12.9. The number of hydrogen-bond donors (Lipinski definition) is 2. The normalized spacial score (nSPS) is 18.7. The Balaban J connectivity index is 1.81. The topological polar surface area (TPSA) is 128 Å². The molecule has 1 aromatic heterocycles. The molecule has 1 aliphatic heterocycles. The Morgan fingerprint density at radius 2 is 1.77 bits per heavy atom. The van der Waals surface area contributed by atoms with E-state index < -0.39 is 20.6 Å². The number of rotatable bonds is 5. The van der Waals surface area contributed by atoms with E-state index in [2.05, 4.69) is 10.2 Å². The van der Waals surface area contributed by atoms with Gasteiger partial charge in [-0.1, -0.05) is 12.8 Å². The summed E-state index contributed by atoms with van der Waals surface area (Å²) in [5.41, 5.74) is 7.02. The van der Waals surface area contributed by atoms with Crippen LogP contribution >= 0.6 is 0 Å². The van der Waals surface area contributed by atoms with Crippen molar-refractivity contribution in [3.63, 3.8) is 0 Å². The van der Waals surface area contributed by atoms with Crippen LogP contribution in [0.25, 0.3) is 11.4 Å². The second kappa shape index (κ2) is 8.43. The lowest BCUT2D eigenvalue weighted by molar-refractivity contribution is 0.122. The van der Waals surface area contributed by atoms with Crippen molar-refractivity contribution < 1.29 is 17.9 Å². The first-order valence-corrected chi connectivity index (χ1v) is 12.3. The predicted molar refractivity (Wildman–Crippen MR) is 119 cm³/mol. The van der Waals surface area contributed by atoms with Crippen LogP contribution in [0.5, 0.6) is 0 Å². The Hall–Kier alpha value is -2.72. The van der Waals surface area contributed by atoms with Crippen LogP contribution in [0.15, 0.2) is 30.3 Å². The smallest absolute Gasteiger partial charge is 0.316 e. The summed E-state index contributed by atoms with van der Waals surface area (Å²) in [6, 6.07) is 8.20. The van der Waals surface area contributed by atoms with Gasteiger partial charge in [0.05, 0.1) is 18.9 Å². The summed E-state index contributed by atoms with van der Waals surface area (Å²) in [7, 11) is -3.38. The number of anilines is 2. The van der Waals surface area contributed by atoms with Crippen molar-refractivity contribution in [1.82, 2.24) is 9.97 Å². The highest BCUT2D eigenvalue weighted by atomic mass is 32.2. The lowest BCUT2D eigenvalue weighted by atomic mass is 10.0. The summed E-state index contributed by atoms with van der Waals surface area (Å²) in [5.74, 6) is 1.16. The minimum absolute atomic E-state index is 0.458. The van der Waals surface area contributed by atoms with Crippen molar-refractivity contribution in [3.05, 3.63) is 36.0 Å². The van der Waals surface area contributed by atoms with E-state index in [0.29, 0.717) is 62.2 Å². The molecule has 2 amide bonds. The Morgan fingerprint density at radius 3 is 2.35 bits per heavy atom. The van der Waals surface area contributed by atoms with Gasteiger partial charge in [-0.15, -0.1) is 0 Å². The lowest BCUT2D eigenvalue weighted by Gasteiger charge is -2.31. The number of ether oxygens (including phenoxy) is 1. The van der Waals surface area contributed by atoms with Crippen LogP contribution in [0.4, 0.5) is 16.3 Å². The summed E-state index contributed by atoms with van der Waals surface area (Å²) < 4.78 is 30.3. The van der Waals surface area contributed by atoms with Crippen molar-refractivity contribution in [2.75, 3.05) is 42.8 Å². The molecule has 1 saturated heterocycles. The summed E-state index contributed by atoms with van der Waals surface area (Å²) in [4.78, 5) is 22.7. The summed E-state index contributed by atoms with van der Waals surface area (Å²) in [6.45, 7) is 2.56. The van der Waals surface area contributed by atoms with E-state index in [1.54, 1.807) is 24.3 Å². The number of benzene rings is 1. The number of sulfone groups is 1. The number of morpholine rings is 1. The molecule has 0 radical (unpaired) electrons. The van der Waals surface area contributed by atoms with Gasteiger partial charge in [0.2, 0.25) is 0 Å². The van der Waals surface area contributed by atoms with Crippen molar-refractivity contribution >= 4 is 27.4 Å². The molecule has 9 nitrogen and oxygen atoms in total. The highest BCUT2D eigenvalue weighted by Gasteiger charge is 2.46. The number of carbonyl (C=O) groups is 1. The molecule has 2 fully saturated rings. The van der Waals surface area contributed by atoms with E-state index >= 15 is 0 Å². The molecule has 166 valence electrons. The van der Waals surface area contributed by atoms with Gasteiger partial charge in [-0.25, -0.2) is 23.2 Å². The standard InChI is InChI=1S/C21H27N5O4S/c1-31(28,29)21(8-2-3-9-21)17-14-18(26-10-12-30-13-11-26)25-19(24-17)15-4-6-16(7-5-15)23-20(22)27/h4-7,14H,2-3,8-13H2,1H3,(H3,22,23,27). The van der Waals surface area contributed by atoms with Crippen LogP contribution in [0.1, 0.15) is 31.4 Å². The Morgan fingerprint density at radius 1 is 1.13 bits per heavy atom. The van der Waals surface area contributed by atoms with Gasteiger partial charge in [-0.2, -0.15) is 0 Å². The Bertz CT molecular complexity index is 1060. The molecular weight excluding hydrogens is 418 g/mol. The first kappa shape index (κ1) is 21.5. The van der Waals surface area contributed by atoms with Crippen LogP contribution in [-0.2, 0) is 19.3 Å². The number of nitrogens with two attached hydrogens (primary N) is 1. The molecule has 0 spiro atoms. The molecule has 1 aliphatic carbocycles. The summed E-state index contributed by atoms with van der Waals surface area (Å²) >= 11 is 0. The summed E-state index contributed by atoms with van der Waals surface area (Å²) in [6.07, 6.45) is 4.14. The van der Waals surface area contributed by atoms with Crippen molar-refractivity contribution in [2.45, 2.75) is 30.4 Å². The molecule has 4 rings (SSSR count). The van der Waals surface area contributed by atoms with Gasteiger partial charge in [0, 0.05) is 36.7 Å². The molecule has 0 unspecified atom stereocenters. The zero-order valence-electron chi connectivity index (χ0n) is 17.5. The highest BCUT2D eigenvalue weighted by molar-refractivity contribution is 7.91. The number of urea groups is 1. The first-order chi connectivity index (χ1) is 14.8. The monoisotopic (exact) mass is 445 g/mol. The minimum Gasteiger partial charge on any atom is -0.378 e. The van der Waals surface area contributed by atoms with E-state index in [9.17, 15) is 13.2 Å². The van der Waals surface area contributed by atoms with Crippen LogP contribution in [0.2, 0.25) is 0 Å². The number of nitrogens with one attached hydrogen (secondary N) is 1. The number of aromatic nitrogens is 2. The number of nitrogens with zero attached hydrogens (tertiary/aromatic N) is 3. The molecule has 31 heavy (non-hydrogen) atoms. The van der Waals surface area contributed by atoms with Gasteiger partial charge in [0.15, 0.2) is 15.7 Å². The van der Waals surface area contributed by atoms with Crippen LogP contribution in [-0.4, -0.2) is 57.0 Å².